The first-order chi connectivity index (χ1) is 10.3. The third-order valence-electron chi connectivity index (χ3n) is 3.89. The van der Waals surface area contributed by atoms with Crippen molar-refractivity contribution >= 4 is 23.4 Å². The van der Waals surface area contributed by atoms with E-state index in [4.69, 9.17) is 23.4 Å². The van der Waals surface area contributed by atoms with Crippen LogP contribution in [0.3, 0.4) is 0 Å². The number of rotatable bonds is 3. The van der Waals surface area contributed by atoms with E-state index in [2.05, 4.69) is 53.4 Å². The molecule has 110 valence electrons. The topological polar surface area (TPSA) is 6.48 Å². The van der Waals surface area contributed by atoms with Gasteiger partial charge in [-0.3, -0.25) is 4.90 Å². The molecule has 2 aromatic carbocycles. The van der Waals surface area contributed by atoms with Gasteiger partial charge in [0.2, 0.25) is 0 Å². The molecule has 0 saturated carbocycles. The van der Waals surface area contributed by atoms with Crippen molar-refractivity contribution < 1.29 is 0 Å². The highest BCUT2D eigenvalue weighted by Gasteiger charge is 2.30. The summed E-state index contributed by atoms with van der Waals surface area (Å²) >= 11 is 12.4. The van der Waals surface area contributed by atoms with Gasteiger partial charge in [0.1, 0.15) is 5.50 Å². The number of hydrogen-bond donors (Lipinski definition) is 0. The van der Waals surface area contributed by atoms with Gasteiger partial charge in [0.05, 0.1) is 6.04 Å². The molecule has 1 atom stereocenters. The van der Waals surface area contributed by atoms with Crippen molar-refractivity contribution in [3.05, 3.63) is 71.8 Å². The number of halogens is 2. The summed E-state index contributed by atoms with van der Waals surface area (Å²) in [6.45, 7) is 2.42. The standard InChI is InChI=1S/C17H18Cl2N2/c18-16-13-20(11-12-21(16)19)17(14-7-3-1-4-8-14)15-9-5-2-6-10-15/h1-10,16-17H,11-13H2. The molecule has 0 aromatic heterocycles. The van der Waals surface area contributed by atoms with Gasteiger partial charge in [-0.25, -0.2) is 0 Å². The first-order valence-corrected chi connectivity index (χ1v) is 7.93. The van der Waals surface area contributed by atoms with Gasteiger partial charge in [-0.05, 0) is 22.9 Å². The molecule has 0 radical (unpaired) electrons. The van der Waals surface area contributed by atoms with E-state index < -0.39 is 0 Å². The van der Waals surface area contributed by atoms with Gasteiger partial charge < -0.3 is 0 Å². The average Bonchev–Trinajstić information content (AvgIpc) is 2.53. The van der Waals surface area contributed by atoms with E-state index in [9.17, 15) is 0 Å². The molecule has 1 unspecified atom stereocenters. The minimum absolute atomic E-state index is 0.157. The molecular formula is C17H18Cl2N2. The van der Waals surface area contributed by atoms with E-state index >= 15 is 0 Å². The Morgan fingerprint density at radius 1 is 0.857 bits per heavy atom. The summed E-state index contributed by atoms with van der Waals surface area (Å²) in [5.74, 6) is 0. The normalized spacial score (nSPS) is 20.8. The Balaban J connectivity index is 1.94. The smallest absolute Gasteiger partial charge is 0.112 e. The van der Waals surface area contributed by atoms with Gasteiger partial charge in [0.15, 0.2) is 0 Å². The molecule has 2 aromatic rings. The number of piperazine rings is 1. The second-order valence-corrected chi connectivity index (χ2v) is 6.21. The molecule has 1 aliphatic rings. The lowest BCUT2D eigenvalue weighted by atomic mass is 9.96. The predicted molar refractivity (Wildman–Crippen MR) is 88.5 cm³/mol. The summed E-state index contributed by atoms with van der Waals surface area (Å²) in [5.41, 5.74) is 2.42. The summed E-state index contributed by atoms with van der Waals surface area (Å²) in [6, 6.07) is 21.4. The van der Waals surface area contributed by atoms with Crippen LogP contribution >= 0.6 is 23.4 Å². The summed E-state index contributed by atoms with van der Waals surface area (Å²) in [6.07, 6.45) is 0. The SMILES string of the molecule is ClC1CN(C(c2ccccc2)c2ccccc2)CCN1Cl. The van der Waals surface area contributed by atoms with Crippen LogP contribution in [0.2, 0.25) is 0 Å². The van der Waals surface area contributed by atoms with Gasteiger partial charge in [-0.2, -0.15) is 4.42 Å². The Morgan fingerprint density at radius 3 is 1.86 bits per heavy atom. The van der Waals surface area contributed by atoms with Crippen LogP contribution in [0.5, 0.6) is 0 Å². The van der Waals surface area contributed by atoms with Crippen LogP contribution in [0, 0.1) is 0 Å². The molecule has 3 rings (SSSR count). The van der Waals surface area contributed by atoms with Crippen LogP contribution in [0.15, 0.2) is 60.7 Å². The summed E-state index contributed by atoms with van der Waals surface area (Å²) in [7, 11) is 0. The third-order valence-corrected chi connectivity index (χ3v) is 4.76. The summed E-state index contributed by atoms with van der Waals surface area (Å²) in [4.78, 5) is 2.40. The van der Waals surface area contributed by atoms with E-state index in [1.54, 1.807) is 4.42 Å². The number of nitrogens with zero attached hydrogens (tertiary/aromatic N) is 2. The van der Waals surface area contributed by atoms with Crippen LogP contribution in [0.4, 0.5) is 0 Å². The lowest BCUT2D eigenvalue weighted by molar-refractivity contribution is 0.143. The first kappa shape index (κ1) is 14.9. The fourth-order valence-electron chi connectivity index (χ4n) is 2.86. The molecule has 4 heteroatoms. The fraction of sp³-hybridized carbons (Fsp3) is 0.294. The van der Waals surface area contributed by atoms with E-state index in [-0.39, 0.29) is 11.5 Å². The summed E-state index contributed by atoms with van der Waals surface area (Å²) in [5, 5.41) is 0. The molecule has 0 amide bonds. The monoisotopic (exact) mass is 320 g/mol. The molecule has 0 aliphatic carbocycles. The Bertz CT molecular complexity index is 522. The lowest BCUT2D eigenvalue weighted by Gasteiger charge is -2.39. The van der Waals surface area contributed by atoms with Crippen molar-refractivity contribution in [2.45, 2.75) is 11.5 Å². The number of hydrogen-bond acceptors (Lipinski definition) is 2. The van der Waals surface area contributed by atoms with Gasteiger partial charge in [0.25, 0.3) is 0 Å². The minimum atomic E-state index is -0.157. The van der Waals surface area contributed by atoms with Crippen LogP contribution in [0.1, 0.15) is 17.2 Å². The van der Waals surface area contributed by atoms with Gasteiger partial charge in [-0.15, -0.1) is 11.6 Å². The van der Waals surface area contributed by atoms with Crippen molar-refractivity contribution in [2.75, 3.05) is 19.6 Å². The fourth-order valence-corrected chi connectivity index (χ4v) is 3.27. The lowest BCUT2D eigenvalue weighted by Crippen LogP contribution is -2.48. The quantitative estimate of drug-likeness (QED) is 0.477. The van der Waals surface area contributed by atoms with E-state index in [0.29, 0.717) is 0 Å². The second kappa shape index (κ2) is 6.80. The Labute approximate surface area is 136 Å². The minimum Gasteiger partial charge on any atom is -0.288 e. The zero-order valence-corrected chi connectivity index (χ0v) is 13.2. The maximum atomic E-state index is 6.33. The summed E-state index contributed by atoms with van der Waals surface area (Å²) < 4.78 is 1.69. The van der Waals surface area contributed by atoms with Crippen molar-refractivity contribution in [3.63, 3.8) is 0 Å². The number of benzene rings is 2. The van der Waals surface area contributed by atoms with Gasteiger partial charge in [-0.1, -0.05) is 60.7 Å². The van der Waals surface area contributed by atoms with Crippen LogP contribution in [-0.4, -0.2) is 34.5 Å². The molecule has 0 bridgehead atoms. The number of alkyl halides is 1. The highest BCUT2D eigenvalue weighted by molar-refractivity contribution is 6.25. The molecular weight excluding hydrogens is 303 g/mol. The zero-order valence-electron chi connectivity index (χ0n) is 11.7. The molecule has 21 heavy (non-hydrogen) atoms. The van der Waals surface area contributed by atoms with Crippen molar-refractivity contribution in [3.8, 4) is 0 Å². The van der Waals surface area contributed by atoms with Crippen molar-refractivity contribution in [2.24, 2.45) is 0 Å². The van der Waals surface area contributed by atoms with E-state index in [1.807, 2.05) is 12.1 Å². The first-order valence-electron chi connectivity index (χ1n) is 7.16. The zero-order chi connectivity index (χ0) is 14.7. The highest BCUT2D eigenvalue weighted by atomic mass is 35.5. The molecule has 2 nitrogen and oxygen atoms in total. The molecule has 0 spiro atoms. The van der Waals surface area contributed by atoms with E-state index in [1.165, 1.54) is 11.1 Å². The van der Waals surface area contributed by atoms with Gasteiger partial charge >= 0.3 is 0 Å². The maximum absolute atomic E-state index is 6.33. The Kier molecular flexibility index (Phi) is 4.81. The van der Waals surface area contributed by atoms with Crippen molar-refractivity contribution in [1.29, 1.82) is 0 Å². The molecule has 1 heterocycles. The molecule has 1 fully saturated rings. The predicted octanol–water partition coefficient (Wildman–Crippen LogP) is 4.11. The Hall–Kier alpha value is -1.06. The second-order valence-electron chi connectivity index (χ2n) is 5.28. The highest BCUT2D eigenvalue weighted by Crippen LogP contribution is 2.31. The van der Waals surface area contributed by atoms with E-state index in [0.717, 1.165) is 19.6 Å². The largest absolute Gasteiger partial charge is 0.288 e. The van der Waals surface area contributed by atoms with Crippen LogP contribution in [0.25, 0.3) is 0 Å². The molecule has 1 saturated heterocycles. The van der Waals surface area contributed by atoms with Crippen LogP contribution in [-0.2, 0) is 0 Å². The average molecular weight is 321 g/mol. The molecule has 0 N–H and O–H groups in total. The maximum Gasteiger partial charge on any atom is 0.112 e. The van der Waals surface area contributed by atoms with Gasteiger partial charge in [0, 0.05) is 19.6 Å². The Morgan fingerprint density at radius 2 is 1.38 bits per heavy atom. The van der Waals surface area contributed by atoms with Crippen molar-refractivity contribution in [1.82, 2.24) is 9.32 Å². The third kappa shape index (κ3) is 3.41. The molecule has 1 aliphatic heterocycles. The van der Waals surface area contributed by atoms with Crippen LogP contribution < -0.4 is 0 Å².